The number of nitrogen functional groups attached to an aromatic ring is 1. The van der Waals surface area contributed by atoms with E-state index in [2.05, 4.69) is 32.1 Å². The number of nitriles is 1. The van der Waals surface area contributed by atoms with Crippen LogP contribution in [0.4, 0.5) is 10.9 Å². The summed E-state index contributed by atoms with van der Waals surface area (Å²) >= 11 is 2.64. The molecule has 0 atom stereocenters. The first kappa shape index (κ1) is 25.3. The highest BCUT2D eigenvalue weighted by Gasteiger charge is 2.22. The molecule has 2 aromatic carbocycles. The van der Waals surface area contributed by atoms with Crippen LogP contribution < -0.4 is 21.3 Å². The van der Waals surface area contributed by atoms with E-state index in [1.807, 2.05) is 54.6 Å². The number of nitrogens with one attached hydrogen (secondary N) is 2. The lowest BCUT2D eigenvalue weighted by atomic mass is 9.96. The van der Waals surface area contributed by atoms with Gasteiger partial charge in [-0.1, -0.05) is 42.1 Å². The number of hydrazone groups is 1. The predicted molar refractivity (Wildman–Crippen MR) is 149 cm³/mol. The first-order valence-electron chi connectivity index (χ1n) is 11.9. The lowest BCUT2D eigenvalue weighted by Gasteiger charge is -2.09. The fraction of sp³-hybridized carbons (Fsp3) is 0.192. The van der Waals surface area contributed by atoms with Crippen molar-refractivity contribution in [3.8, 4) is 17.6 Å². The second-order valence-corrected chi connectivity index (χ2v) is 10.4. The van der Waals surface area contributed by atoms with E-state index < -0.39 is 0 Å². The number of thiophene rings is 1. The van der Waals surface area contributed by atoms with Gasteiger partial charge in [0.25, 0.3) is 5.95 Å². The summed E-state index contributed by atoms with van der Waals surface area (Å²) < 4.78 is 7.08. The topological polar surface area (TPSA) is 143 Å². The van der Waals surface area contributed by atoms with Gasteiger partial charge in [0.15, 0.2) is 0 Å². The molecular formula is C26H24N8O2S2. The van der Waals surface area contributed by atoms with Gasteiger partial charge in [-0.05, 0) is 61.1 Å². The number of para-hydroxylation sites is 1. The third-order valence-electron chi connectivity index (χ3n) is 5.75. The number of fused-ring (bicyclic) bond motifs is 1. The van der Waals surface area contributed by atoms with Gasteiger partial charge in [0.1, 0.15) is 22.6 Å². The SMILES string of the molecule is N#Cc1c(NC(=O)CSc2nnc(N/N=C/c3cccc(Oc4ccccc4)c3)n2N)sc2c1CCCC2. The first-order chi connectivity index (χ1) is 18.6. The molecule has 0 saturated carbocycles. The van der Waals surface area contributed by atoms with Crippen molar-refractivity contribution in [3.63, 3.8) is 0 Å². The van der Waals surface area contributed by atoms with Gasteiger partial charge in [0, 0.05) is 4.88 Å². The lowest BCUT2D eigenvalue weighted by molar-refractivity contribution is -0.113. The van der Waals surface area contributed by atoms with Crippen molar-refractivity contribution in [2.45, 2.75) is 30.8 Å². The molecule has 38 heavy (non-hydrogen) atoms. The van der Waals surface area contributed by atoms with Crippen LogP contribution in [0.15, 0.2) is 64.9 Å². The third-order valence-corrected chi connectivity index (χ3v) is 7.90. The lowest BCUT2D eigenvalue weighted by Crippen LogP contribution is -2.17. The Morgan fingerprint density at radius 1 is 1.18 bits per heavy atom. The summed E-state index contributed by atoms with van der Waals surface area (Å²) in [5.41, 5.74) is 5.25. The number of nitrogens with zero attached hydrogens (tertiary/aromatic N) is 5. The molecule has 4 N–H and O–H groups in total. The quantitative estimate of drug-likeness (QED) is 0.118. The normalized spacial score (nSPS) is 12.6. The summed E-state index contributed by atoms with van der Waals surface area (Å²) in [6, 6.07) is 19.2. The number of aromatic nitrogens is 3. The van der Waals surface area contributed by atoms with Crippen molar-refractivity contribution in [1.82, 2.24) is 14.9 Å². The van der Waals surface area contributed by atoms with E-state index in [1.54, 1.807) is 6.21 Å². The monoisotopic (exact) mass is 544 g/mol. The highest BCUT2D eigenvalue weighted by molar-refractivity contribution is 7.99. The van der Waals surface area contributed by atoms with E-state index in [4.69, 9.17) is 10.6 Å². The van der Waals surface area contributed by atoms with Crippen LogP contribution in [-0.2, 0) is 17.6 Å². The standard InChI is InChI=1S/C26H24N8O2S2/c27-14-21-20-11-4-5-12-22(20)38-24(21)30-23(35)16-37-26-33-32-25(34(26)28)31-29-15-17-7-6-10-19(13-17)36-18-8-2-1-3-9-18/h1-3,6-10,13,15H,4-5,11-12,16,28H2,(H,30,35)(H,31,32)/b29-15+. The molecule has 0 fully saturated rings. The number of amides is 1. The van der Waals surface area contributed by atoms with Gasteiger partial charge in [-0.2, -0.15) is 10.4 Å². The molecule has 1 amide bonds. The van der Waals surface area contributed by atoms with E-state index in [0.717, 1.165) is 54.3 Å². The van der Waals surface area contributed by atoms with Crippen molar-refractivity contribution < 1.29 is 9.53 Å². The summed E-state index contributed by atoms with van der Waals surface area (Å²) in [5, 5.41) is 25.6. The molecule has 192 valence electrons. The molecule has 1 aliphatic carbocycles. The Bertz CT molecular complexity index is 1510. The zero-order valence-corrected chi connectivity index (χ0v) is 21.9. The molecule has 4 aromatic rings. The number of carbonyl (C=O) groups is 1. The minimum absolute atomic E-state index is 0.0697. The molecule has 0 spiro atoms. The van der Waals surface area contributed by atoms with Gasteiger partial charge < -0.3 is 15.9 Å². The molecule has 0 saturated heterocycles. The van der Waals surface area contributed by atoms with Crippen molar-refractivity contribution in [3.05, 3.63) is 76.2 Å². The zero-order valence-electron chi connectivity index (χ0n) is 20.3. The second-order valence-electron chi connectivity index (χ2n) is 8.40. The third kappa shape index (κ3) is 5.96. The number of hydrogen-bond donors (Lipinski definition) is 3. The number of thioether (sulfide) groups is 1. The molecule has 0 unspecified atom stereocenters. The van der Waals surface area contributed by atoms with Crippen LogP contribution in [0.25, 0.3) is 0 Å². The van der Waals surface area contributed by atoms with Crippen molar-refractivity contribution >= 4 is 46.2 Å². The first-order valence-corrected chi connectivity index (χ1v) is 13.7. The molecular weight excluding hydrogens is 520 g/mol. The number of nitrogens with two attached hydrogens (primary N) is 1. The fourth-order valence-corrected chi connectivity index (χ4v) is 5.88. The van der Waals surface area contributed by atoms with E-state index >= 15 is 0 Å². The van der Waals surface area contributed by atoms with Crippen LogP contribution in [0.2, 0.25) is 0 Å². The summed E-state index contributed by atoms with van der Waals surface area (Å²) in [4.78, 5) is 13.8. The largest absolute Gasteiger partial charge is 0.457 e. The Kier molecular flexibility index (Phi) is 7.86. The maximum Gasteiger partial charge on any atom is 0.264 e. The molecule has 5 rings (SSSR count). The predicted octanol–water partition coefficient (Wildman–Crippen LogP) is 4.77. The van der Waals surface area contributed by atoms with Gasteiger partial charge in [-0.3, -0.25) is 4.79 Å². The minimum atomic E-state index is -0.238. The summed E-state index contributed by atoms with van der Waals surface area (Å²) in [5.74, 6) is 7.57. The average molecular weight is 545 g/mol. The van der Waals surface area contributed by atoms with Crippen molar-refractivity contribution in [2.24, 2.45) is 5.10 Å². The number of ether oxygens (including phenoxy) is 1. The van der Waals surface area contributed by atoms with Crippen LogP contribution in [-0.4, -0.2) is 32.7 Å². The zero-order chi connectivity index (χ0) is 26.3. The molecule has 0 radical (unpaired) electrons. The smallest absolute Gasteiger partial charge is 0.264 e. The van der Waals surface area contributed by atoms with Crippen LogP contribution in [0.1, 0.15) is 34.4 Å². The average Bonchev–Trinajstić information content (AvgIpc) is 3.47. The molecule has 1 aliphatic rings. The number of rotatable bonds is 9. The number of anilines is 2. The molecule has 2 aromatic heterocycles. The maximum atomic E-state index is 12.6. The Labute approximate surface area is 227 Å². The molecule has 0 bridgehead atoms. The van der Waals surface area contributed by atoms with Gasteiger partial charge in [0.05, 0.1) is 17.5 Å². The van der Waals surface area contributed by atoms with Crippen molar-refractivity contribution in [1.29, 1.82) is 5.26 Å². The van der Waals surface area contributed by atoms with Gasteiger partial charge >= 0.3 is 0 Å². The summed E-state index contributed by atoms with van der Waals surface area (Å²) in [6.07, 6.45) is 5.65. The van der Waals surface area contributed by atoms with E-state index in [-0.39, 0.29) is 17.6 Å². The maximum absolute atomic E-state index is 12.6. The highest BCUT2D eigenvalue weighted by Crippen LogP contribution is 2.37. The van der Waals surface area contributed by atoms with Crippen LogP contribution >= 0.6 is 23.1 Å². The van der Waals surface area contributed by atoms with Crippen LogP contribution in [0, 0.1) is 11.3 Å². The molecule has 10 nitrogen and oxygen atoms in total. The van der Waals surface area contributed by atoms with Crippen molar-refractivity contribution in [2.75, 3.05) is 22.3 Å². The van der Waals surface area contributed by atoms with Crippen LogP contribution in [0.5, 0.6) is 11.5 Å². The van der Waals surface area contributed by atoms with Gasteiger partial charge in [0.2, 0.25) is 11.1 Å². The number of benzene rings is 2. The number of aryl methyl sites for hydroxylation is 1. The Morgan fingerprint density at radius 3 is 2.84 bits per heavy atom. The Balaban J connectivity index is 1.15. The Hall–Kier alpha value is -4.34. The molecule has 12 heteroatoms. The van der Waals surface area contributed by atoms with E-state index in [0.29, 0.717) is 21.5 Å². The van der Waals surface area contributed by atoms with Gasteiger partial charge in [-0.25, -0.2) is 10.1 Å². The van der Waals surface area contributed by atoms with Crippen LogP contribution in [0.3, 0.4) is 0 Å². The minimum Gasteiger partial charge on any atom is -0.457 e. The van der Waals surface area contributed by atoms with E-state index in [9.17, 15) is 10.1 Å². The number of carbonyl (C=O) groups excluding carboxylic acids is 1. The molecule has 0 aliphatic heterocycles. The van der Waals surface area contributed by atoms with E-state index in [1.165, 1.54) is 20.9 Å². The second kappa shape index (κ2) is 11.8. The molecule has 2 heterocycles. The highest BCUT2D eigenvalue weighted by atomic mass is 32.2. The summed E-state index contributed by atoms with van der Waals surface area (Å²) in [7, 11) is 0. The Morgan fingerprint density at radius 2 is 2.00 bits per heavy atom. The number of hydrogen-bond acceptors (Lipinski definition) is 10. The van der Waals surface area contributed by atoms with Gasteiger partial charge in [-0.15, -0.1) is 21.5 Å². The summed E-state index contributed by atoms with van der Waals surface area (Å²) in [6.45, 7) is 0. The fourth-order valence-electron chi connectivity index (χ4n) is 3.96.